The van der Waals surface area contributed by atoms with Gasteiger partial charge in [-0.05, 0) is 23.0 Å². The van der Waals surface area contributed by atoms with Gasteiger partial charge in [0.05, 0.1) is 17.9 Å². The van der Waals surface area contributed by atoms with Crippen molar-refractivity contribution in [3.8, 4) is 11.3 Å². The summed E-state index contributed by atoms with van der Waals surface area (Å²) in [6, 6.07) is 3.98. The molecule has 0 N–H and O–H groups in total. The summed E-state index contributed by atoms with van der Waals surface area (Å²) in [5.74, 6) is 0.362. The number of hydrogen-bond acceptors (Lipinski definition) is 5. The van der Waals surface area contributed by atoms with Gasteiger partial charge in [-0.2, -0.15) is 0 Å². The number of nitrogens with zero attached hydrogens (tertiary/aromatic N) is 5. The Kier molecular flexibility index (Phi) is 3.51. The summed E-state index contributed by atoms with van der Waals surface area (Å²) in [6.07, 6.45) is 5.73. The zero-order valence-electron chi connectivity index (χ0n) is 15.8. The average Bonchev–Trinajstić information content (AvgIpc) is 2.87. The molecule has 4 rings (SSSR count). The quantitative estimate of drug-likeness (QED) is 0.723. The summed E-state index contributed by atoms with van der Waals surface area (Å²) in [6.45, 7) is 8.67. The maximum atomic E-state index is 12.8. The van der Waals surface area contributed by atoms with Crippen molar-refractivity contribution < 1.29 is 4.79 Å². The van der Waals surface area contributed by atoms with Crippen LogP contribution in [-0.2, 0) is 18.3 Å². The molecule has 0 atom stereocenters. The number of hydrogen-bond donors (Lipinski definition) is 0. The van der Waals surface area contributed by atoms with Crippen LogP contribution in [0.3, 0.4) is 0 Å². The minimum atomic E-state index is 0.0572. The fourth-order valence-electron chi connectivity index (χ4n) is 4.07. The van der Waals surface area contributed by atoms with Crippen molar-refractivity contribution in [2.24, 2.45) is 23.8 Å². The van der Waals surface area contributed by atoms with Crippen molar-refractivity contribution in [2.75, 3.05) is 0 Å². The summed E-state index contributed by atoms with van der Waals surface area (Å²) >= 11 is 0. The standard InChI is InChI=1S/C20H23N5O/c1-19(2)18(20(19,3)4)17(26)8-14-7-12-6-13(9-22-15(12)10-21-14)16-11-25(5)24-23-16/h6-7,9-11,18H,8H2,1-5H3. The van der Waals surface area contributed by atoms with Crippen LogP contribution in [0.15, 0.2) is 30.7 Å². The van der Waals surface area contributed by atoms with Crippen molar-refractivity contribution in [2.45, 2.75) is 34.1 Å². The lowest BCUT2D eigenvalue weighted by molar-refractivity contribution is -0.120. The summed E-state index contributed by atoms with van der Waals surface area (Å²) < 4.78 is 1.66. The number of carbonyl (C=O) groups is 1. The molecule has 1 saturated carbocycles. The number of aryl methyl sites for hydroxylation is 1. The Hall–Kier alpha value is -2.63. The van der Waals surface area contributed by atoms with Gasteiger partial charge >= 0.3 is 0 Å². The predicted molar refractivity (Wildman–Crippen MR) is 99.3 cm³/mol. The number of aromatic nitrogens is 5. The maximum Gasteiger partial charge on any atom is 0.143 e. The van der Waals surface area contributed by atoms with Crippen LogP contribution in [0.2, 0.25) is 0 Å². The molecule has 134 valence electrons. The number of rotatable bonds is 4. The first-order valence-corrected chi connectivity index (χ1v) is 8.84. The van der Waals surface area contributed by atoms with E-state index >= 15 is 0 Å². The molecular formula is C20H23N5O. The van der Waals surface area contributed by atoms with Gasteiger partial charge in [0.15, 0.2) is 0 Å². The summed E-state index contributed by atoms with van der Waals surface area (Å²) in [4.78, 5) is 21.7. The normalized spacial score (nSPS) is 18.2. The Bertz CT molecular complexity index is 1000. The highest BCUT2D eigenvalue weighted by molar-refractivity contribution is 5.89. The second-order valence-corrected chi connectivity index (χ2v) is 8.39. The molecule has 0 unspecified atom stereocenters. The molecule has 1 aliphatic carbocycles. The number of carbonyl (C=O) groups excluding carboxylic acids is 1. The molecule has 3 heterocycles. The molecule has 0 bridgehead atoms. The van der Waals surface area contributed by atoms with Gasteiger partial charge in [-0.1, -0.05) is 32.9 Å². The van der Waals surface area contributed by atoms with Gasteiger partial charge in [-0.3, -0.25) is 19.4 Å². The van der Waals surface area contributed by atoms with Crippen LogP contribution in [0, 0.1) is 16.7 Å². The Morgan fingerprint density at radius 1 is 1.12 bits per heavy atom. The second-order valence-electron chi connectivity index (χ2n) is 8.39. The van der Waals surface area contributed by atoms with Gasteiger partial charge < -0.3 is 0 Å². The van der Waals surface area contributed by atoms with Crippen molar-refractivity contribution in [3.63, 3.8) is 0 Å². The van der Waals surface area contributed by atoms with E-state index in [1.54, 1.807) is 17.1 Å². The fourth-order valence-corrected chi connectivity index (χ4v) is 4.07. The third-order valence-electron chi connectivity index (χ3n) is 6.22. The highest BCUT2D eigenvalue weighted by Gasteiger charge is 2.67. The Balaban J connectivity index is 1.62. The van der Waals surface area contributed by atoms with Gasteiger partial charge in [-0.15, -0.1) is 5.10 Å². The van der Waals surface area contributed by atoms with Crippen molar-refractivity contribution in [1.82, 2.24) is 25.0 Å². The molecule has 0 spiro atoms. The molecular weight excluding hydrogens is 326 g/mol. The van der Waals surface area contributed by atoms with E-state index in [0.29, 0.717) is 6.42 Å². The number of fused-ring (bicyclic) bond motifs is 1. The van der Waals surface area contributed by atoms with Crippen LogP contribution in [0.5, 0.6) is 0 Å². The van der Waals surface area contributed by atoms with Crippen molar-refractivity contribution in [3.05, 3.63) is 36.4 Å². The maximum absolute atomic E-state index is 12.8. The zero-order valence-corrected chi connectivity index (χ0v) is 15.8. The smallest absolute Gasteiger partial charge is 0.143 e. The van der Waals surface area contributed by atoms with Crippen LogP contribution in [-0.4, -0.2) is 30.7 Å². The molecule has 0 radical (unpaired) electrons. The molecule has 0 aromatic carbocycles. The first kappa shape index (κ1) is 16.8. The van der Waals surface area contributed by atoms with E-state index in [1.165, 1.54) is 0 Å². The van der Waals surface area contributed by atoms with E-state index in [4.69, 9.17) is 0 Å². The first-order valence-electron chi connectivity index (χ1n) is 8.84. The zero-order chi connectivity index (χ0) is 18.7. The fraction of sp³-hybridized carbons (Fsp3) is 0.450. The third-order valence-corrected chi connectivity index (χ3v) is 6.22. The topological polar surface area (TPSA) is 73.6 Å². The Morgan fingerprint density at radius 3 is 2.46 bits per heavy atom. The van der Waals surface area contributed by atoms with Gasteiger partial charge in [0.1, 0.15) is 11.5 Å². The number of ketones is 1. The molecule has 6 heteroatoms. The monoisotopic (exact) mass is 349 g/mol. The minimum absolute atomic E-state index is 0.0572. The number of Topliss-reactive ketones (excluding diaryl/α,β-unsaturated/α-hetero) is 1. The molecule has 1 aliphatic rings. The largest absolute Gasteiger partial charge is 0.299 e. The van der Waals surface area contributed by atoms with Crippen LogP contribution in [0.4, 0.5) is 0 Å². The molecule has 1 fully saturated rings. The molecule has 0 aliphatic heterocycles. The highest BCUT2D eigenvalue weighted by Crippen LogP contribution is 2.68. The molecule has 3 aromatic heterocycles. The van der Waals surface area contributed by atoms with E-state index in [0.717, 1.165) is 27.9 Å². The van der Waals surface area contributed by atoms with Crippen LogP contribution in [0.1, 0.15) is 33.4 Å². The van der Waals surface area contributed by atoms with E-state index in [2.05, 4.69) is 48.0 Å². The Labute approximate surface area is 152 Å². The van der Waals surface area contributed by atoms with Crippen LogP contribution >= 0.6 is 0 Å². The molecule has 6 nitrogen and oxygen atoms in total. The summed E-state index contributed by atoms with van der Waals surface area (Å²) in [7, 11) is 1.83. The van der Waals surface area contributed by atoms with E-state index in [9.17, 15) is 4.79 Å². The van der Waals surface area contributed by atoms with Crippen molar-refractivity contribution >= 4 is 16.7 Å². The summed E-state index contributed by atoms with van der Waals surface area (Å²) in [5.41, 5.74) is 3.39. The van der Waals surface area contributed by atoms with Gasteiger partial charge in [0.25, 0.3) is 0 Å². The van der Waals surface area contributed by atoms with E-state index in [-0.39, 0.29) is 22.5 Å². The van der Waals surface area contributed by atoms with Crippen LogP contribution in [0.25, 0.3) is 22.2 Å². The van der Waals surface area contributed by atoms with Gasteiger partial charge in [0.2, 0.25) is 0 Å². The predicted octanol–water partition coefficient (Wildman–Crippen LogP) is 3.22. The lowest BCUT2D eigenvalue weighted by atomic mass is 10.0. The molecule has 0 amide bonds. The second kappa shape index (κ2) is 5.43. The molecule has 0 saturated heterocycles. The van der Waals surface area contributed by atoms with Crippen molar-refractivity contribution in [1.29, 1.82) is 0 Å². The molecule has 26 heavy (non-hydrogen) atoms. The first-order chi connectivity index (χ1) is 12.2. The van der Waals surface area contributed by atoms with Gasteiger partial charge in [-0.25, -0.2) is 0 Å². The third kappa shape index (κ3) is 2.52. The molecule has 3 aromatic rings. The van der Waals surface area contributed by atoms with E-state index < -0.39 is 0 Å². The SMILES string of the molecule is Cn1cc(-c2cnc3cnc(CC(=O)C4C(C)(C)C4(C)C)cc3c2)nn1. The average molecular weight is 349 g/mol. The van der Waals surface area contributed by atoms with E-state index in [1.807, 2.05) is 25.4 Å². The number of pyridine rings is 2. The summed E-state index contributed by atoms with van der Waals surface area (Å²) in [5, 5.41) is 9.05. The lowest BCUT2D eigenvalue weighted by Gasteiger charge is -2.05. The minimum Gasteiger partial charge on any atom is -0.299 e. The highest BCUT2D eigenvalue weighted by atomic mass is 16.1. The lowest BCUT2D eigenvalue weighted by Crippen LogP contribution is -2.11. The van der Waals surface area contributed by atoms with Gasteiger partial charge in [0, 0.05) is 42.2 Å². The van der Waals surface area contributed by atoms with Crippen LogP contribution < -0.4 is 0 Å². The Morgan fingerprint density at radius 2 is 1.85 bits per heavy atom.